The van der Waals surface area contributed by atoms with E-state index in [0.29, 0.717) is 0 Å². The van der Waals surface area contributed by atoms with Gasteiger partial charge in [0, 0.05) is 24.3 Å². The maximum Gasteiger partial charge on any atom is 0.249 e. The van der Waals surface area contributed by atoms with Gasteiger partial charge in [0.15, 0.2) is 0 Å². The summed E-state index contributed by atoms with van der Waals surface area (Å²) in [4.78, 5) is 18.4. The Kier molecular flexibility index (Phi) is 3.32. The van der Waals surface area contributed by atoms with Gasteiger partial charge in [-0.05, 0) is 40.9 Å². The summed E-state index contributed by atoms with van der Waals surface area (Å²) in [6.07, 6.45) is 1.59. The van der Waals surface area contributed by atoms with Crippen LogP contribution in [0.5, 0.6) is 0 Å². The number of allylic oxidation sites excluding steroid dienone is 1. The third-order valence-electron chi connectivity index (χ3n) is 4.33. The maximum atomic E-state index is 12.6. The van der Waals surface area contributed by atoms with E-state index < -0.39 is 0 Å². The normalized spacial score (nSPS) is 22.1. The lowest BCUT2D eigenvalue weighted by atomic mass is 10.0. The van der Waals surface area contributed by atoms with Gasteiger partial charge in [-0.2, -0.15) is 0 Å². The number of hydrogen-bond donors (Lipinski definition) is 0. The lowest BCUT2D eigenvalue weighted by Crippen LogP contribution is -2.49. The van der Waals surface area contributed by atoms with E-state index in [1.54, 1.807) is 11.9 Å². The second-order valence-electron chi connectivity index (χ2n) is 5.47. The number of carbonyl (C=O) groups excluding carboxylic acids is 1. The predicted molar refractivity (Wildman–Crippen MR) is 89.1 cm³/mol. The van der Waals surface area contributed by atoms with E-state index in [9.17, 15) is 4.79 Å². The van der Waals surface area contributed by atoms with Gasteiger partial charge in [-0.15, -0.1) is 0 Å². The van der Waals surface area contributed by atoms with Crippen LogP contribution in [0.1, 0.15) is 12.8 Å². The molecule has 1 aromatic carbocycles. The van der Waals surface area contributed by atoms with Crippen LogP contribution in [0.3, 0.4) is 0 Å². The Bertz CT molecular complexity index is 655. The molecule has 1 atom stereocenters. The highest BCUT2D eigenvalue weighted by molar-refractivity contribution is 9.10. The molecule has 0 N–H and O–H groups in total. The average molecular weight is 348 g/mol. The van der Waals surface area contributed by atoms with Crippen molar-refractivity contribution in [3.63, 3.8) is 0 Å². The lowest BCUT2D eigenvalue weighted by Gasteiger charge is -2.37. The summed E-state index contributed by atoms with van der Waals surface area (Å²) < 4.78 is 1.01. The Morgan fingerprint density at radius 3 is 2.67 bits per heavy atom. The number of hydrogen-bond acceptors (Lipinski definition) is 3. The molecule has 0 aromatic heterocycles. The van der Waals surface area contributed by atoms with Crippen LogP contribution >= 0.6 is 15.9 Å². The second-order valence-corrected chi connectivity index (χ2v) is 6.33. The monoisotopic (exact) mass is 347 g/mol. The molecule has 110 valence electrons. The van der Waals surface area contributed by atoms with Crippen molar-refractivity contribution in [1.29, 1.82) is 0 Å². The minimum absolute atomic E-state index is 0.0774. The van der Waals surface area contributed by atoms with E-state index in [-0.39, 0.29) is 11.9 Å². The van der Waals surface area contributed by atoms with Crippen LogP contribution in [0.4, 0.5) is 11.4 Å². The number of carbonyl (C=O) groups is 1. The summed E-state index contributed by atoms with van der Waals surface area (Å²) >= 11 is 3.58. The van der Waals surface area contributed by atoms with Gasteiger partial charge >= 0.3 is 0 Å². The highest BCUT2D eigenvalue weighted by Gasteiger charge is 2.40. The first kappa shape index (κ1) is 14.2. The summed E-state index contributed by atoms with van der Waals surface area (Å²) in [5.41, 5.74) is 2.96. The maximum absolute atomic E-state index is 12.6. The van der Waals surface area contributed by atoms with Crippen molar-refractivity contribution in [2.24, 2.45) is 0 Å². The number of nitrogens with zero attached hydrogens (tertiary/aromatic N) is 3. The van der Waals surface area contributed by atoms with E-state index in [0.717, 1.165) is 40.2 Å². The number of halogens is 1. The van der Waals surface area contributed by atoms with Gasteiger partial charge in [-0.3, -0.25) is 4.79 Å². The molecule has 3 rings (SSSR count). The molecule has 0 spiro atoms. The third-order valence-corrected chi connectivity index (χ3v) is 4.97. The third kappa shape index (κ3) is 1.99. The number of benzene rings is 1. The van der Waals surface area contributed by atoms with Crippen molar-refractivity contribution in [2.75, 3.05) is 23.9 Å². The molecule has 0 saturated carbocycles. The molecule has 2 aliphatic rings. The van der Waals surface area contributed by atoms with Crippen LogP contribution in [-0.4, -0.2) is 30.9 Å². The molecule has 0 bridgehead atoms. The molecule has 2 aliphatic heterocycles. The van der Waals surface area contributed by atoms with Crippen molar-refractivity contribution < 1.29 is 4.79 Å². The van der Waals surface area contributed by atoms with Crippen LogP contribution in [0, 0.1) is 0 Å². The molecule has 0 radical (unpaired) electrons. The highest BCUT2D eigenvalue weighted by Crippen LogP contribution is 2.46. The number of para-hydroxylation sites is 1. The van der Waals surface area contributed by atoms with Crippen molar-refractivity contribution >= 4 is 33.2 Å². The van der Waals surface area contributed by atoms with Crippen LogP contribution in [0.15, 0.2) is 47.3 Å². The molecule has 0 aliphatic carbocycles. The molecule has 1 fully saturated rings. The van der Waals surface area contributed by atoms with Crippen molar-refractivity contribution in [1.82, 2.24) is 4.90 Å². The molecule has 2 heterocycles. The molecule has 4 nitrogen and oxygen atoms in total. The summed E-state index contributed by atoms with van der Waals surface area (Å²) in [6, 6.07) is 5.80. The quantitative estimate of drug-likeness (QED) is 0.779. The average Bonchev–Trinajstić information content (AvgIpc) is 2.71. The zero-order valence-electron chi connectivity index (χ0n) is 12.3. The second kappa shape index (κ2) is 4.91. The Labute approximate surface area is 133 Å². The fraction of sp³-hybridized carbons (Fsp3) is 0.312. The predicted octanol–water partition coefficient (Wildman–Crippen LogP) is 3.31. The Morgan fingerprint density at radius 2 is 1.95 bits per heavy atom. The molecular formula is C16H18BrN3O. The van der Waals surface area contributed by atoms with E-state index in [2.05, 4.69) is 29.1 Å². The van der Waals surface area contributed by atoms with Crippen molar-refractivity contribution in [2.45, 2.75) is 18.9 Å². The number of piperidine rings is 1. The smallest absolute Gasteiger partial charge is 0.249 e. The van der Waals surface area contributed by atoms with Gasteiger partial charge in [0.2, 0.25) is 5.91 Å². The number of rotatable bonds is 1. The van der Waals surface area contributed by atoms with Gasteiger partial charge in [0.05, 0.1) is 11.4 Å². The minimum Gasteiger partial charge on any atom is -0.329 e. The van der Waals surface area contributed by atoms with Crippen LogP contribution in [-0.2, 0) is 4.79 Å². The highest BCUT2D eigenvalue weighted by atomic mass is 79.9. The van der Waals surface area contributed by atoms with E-state index in [4.69, 9.17) is 0 Å². The van der Waals surface area contributed by atoms with Gasteiger partial charge in [0.25, 0.3) is 0 Å². The van der Waals surface area contributed by atoms with Gasteiger partial charge in [0.1, 0.15) is 11.9 Å². The largest absolute Gasteiger partial charge is 0.329 e. The first-order valence-electron chi connectivity index (χ1n) is 6.89. The number of likely N-dealkylation sites (N-methyl/N-ethyl adjacent to an activating group) is 1. The van der Waals surface area contributed by atoms with Crippen molar-refractivity contribution in [3.8, 4) is 0 Å². The lowest BCUT2D eigenvalue weighted by molar-refractivity contribution is -0.131. The Hall–Kier alpha value is -1.75. The molecule has 1 amide bonds. The number of fused-ring (bicyclic) bond motifs is 1. The molecule has 1 unspecified atom stereocenters. The van der Waals surface area contributed by atoms with Crippen LogP contribution < -0.4 is 9.80 Å². The van der Waals surface area contributed by atoms with Gasteiger partial charge in [-0.1, -0.05) is 19.2 Å². The SMILES string of the molecule is C=C1CCC(N2C(=C)N(C)c3c(Br)cccc32)C(=O)N1C. The summed E-state index contributed by atoms with van der Waals surface area (Å²) in [5, 5.41) is 0. The van der Waals surface area contributed by atoms with E-state index >= 15 is 0 Å². The van der Waals surface area contributed by atoms with Gasteiger partial charge in [-0.25, -0.2) is 0 Å². The molecule has 1 saturated heterocycles. The summed E-state index contributed by atoms with van der Waals surface area (Å²) in [7, 11) is 3.77. The minimum atomic E-state index is -0.217. The summed E-state index contributed by atoms with van der Waals surface area (Å²) in [5.74, 6) is 0.907. The topological polar surface area (TPSA) is 26.8 Å². The van der Waals surface area contributed by atoms with Crippen molar-refractivity contribution in [3.05, 3.63) is 47.3 Å². The van der Waals surface area contributed by atoms with E-state index in [1.807, 2.05) is 35.0 Å². The summed E-state index contributed by atoms with van der Waals surface area (Å²) in [6.45, 7) is 8.11. The first-order chi connectivity index (χ1) is 9.93. The number of amides is 1. The standard InChI is InChI=1S/C16H18BrN3O/c1-10-8-9-14(16(21)18(10)3)20-11(2)19(4)15-12(17)6-5-7-13(15)20/h5-7,14H,1-2,8-9H2,3-4H3. The Balaban J connectivity index is 2.05. The first-order valence-corrected chi connectivity index (χ1v) is 7.68. The number of anilines is 2. The van der Waals surface area contributed by atoms with Crippen LogP contribution in [0.2, 0.25) is 0 Å². The molecule has 21 heavy (non-hydrogen) atoms. The fourth-order valence-electron chi connectivity index (χ4n) is 3.02. The Morgan fingerprint density at radius 1 is 1.24 bits per heavy atom. The van der Waals surface area contributed by atoms with Gasteiger partial charge < -0.3 is 14.7 Å². The molecular weight excluding hydrogens is 330 g/mol. The number of likely N-dealkylation sites (tertiary alicyclic amines) is 1. The van der Waals surface area contributed by atoms with Crippen LogP contribution in [0.25, 0.3) is 0 Å². The zero-order chi connectivity index (χ0) is 15.3. The van der Waals surface area contributed by atoms with E-state index in [1.165, 1.54) is 0 Å². The molecule has 5 heteroatoms. The molecule has 1 aromatic rings. The fourth-order valence-corrected chi connectivity index (χ4v) is 3.64. The zero-order valence-corrected chi connectivity index (χ0v) is 13.9.